The number of alkyl halides is 2. The first kappa shape index (κ1) is 16.0. The Bertz CT molecular complexity index is 508. The lowest BCUT2D eigenvalue weighted by molar-refractivity contribution is -0.0458. The summed E-state index contributed by atoms with van der Waals surface area (Å²) in [5.74, 6) is 0. The Morgan fingerprint density at radius 1 is 1.45 bits per heavy atom. The summed E-state index contributed by atoms with van der Waals surface area (Å²) in [6.45, 7) is 1.83. The van der Waals surface area contributed by atoms with E-state index in [-0.39, 0.29) is 5.23 Å². The van der Waals surface area contributed by atoms with E-state index < -0.39 is 16.4 Å². The van der Waals surface area contributed by atoms with Gasteiger partial charge in [-0.3, -0.25) is 4.90 Å². The van der Waals surface area contributed by atoms with Gasteiger partial charge in [-0.25, -0.2) is 4.79 Å². The normalized spacial score (nSPS) is 20.3. The maximum Gasteiger partial charge on any atom is 0.370 e. The number of hydrazine groups is 1. The SMILES string of the molecule is CCC1N(c2cccc(Cl)c2)C(=O)N(F)N1SC(Cl)Cl. The van der Waals surface area contributed by atoms with Gasteiger partial charge in [-0.1, -0.05) is 57.5 Å². The molecule has 110 valence electrons. The van der Waals surface area contributed by atoms with Gasteiger partial charge in [0.15, 0.2) is 4.17 Å². The fourth-order valence-corrected chi connectivity index (χ4v) is 3.33. The van der Waals surface area contributed by atoms with Gasteiger partial charge in [0.1, 0.15) is 6.17 Å². The molecule has 1 fully saturated rings. The van der Waals surface area contributed by atoms with Crippen LogP contribution in [0.5, 0.6) is 0 Å². The molecule has 4 nitrogen and oxygen atoms in total. The van der Waals surface area contributed by atoms with Crippen molar-refractivity contribution < 1.29 is 9.28 Å². The van der Waals surface area contributed by atoms with Crippen molar-refractivity contribution in [3.05, 3.63) is 29.3 Å². The maximum atomic E-state index is 14.0. The second-order valence-corrected chi connectivity index (χ2v) is 7.06. The number of hydrogen-bond donors (Lipinski definition) is 0. The van der Waals surface area contributed by atoms with Gasteiger partial charge in [-0.05, 0) is 36.6 Å². The summed E-state index contributed by atoms with van der Waals surface area (Å²) in [7, 11) is 0. The van der Waals surface area contributed by atoms with E-state index in [1.165, 1.54) is 4.90 Å². The van der Waals surface area contributed by atoms with Crippen molar-refractivity contribution >= 4 is 58.5 Å². The quantitative estimate of drug-likeness (QED) is 0.438. The number of carbonyl (C=O) groups is 1. The molecule has 0 aliphatic carbocycles. The number of urea groups is 1. The molecule has 1 unspecified atom stereocenters. The molecule has 1 heterocycles. The predicted molar refractivity (Wildman–Crippen MR) is 81.3 cm³/mol. The number of halogens is 4. The zero-order valence-electron chi connectivity index (χ0n) is 10.3. The van der Waals surface area contributed by atoms with E-state index in [1.54, 1.807) is 24.3 Å². The van der Waals surface area contributed by atoms with Crippen LogP contribution in [0, 0.1) is 0 Å². The minimum atomic E-state index is -0.880. The highest BCUT2D eigenvalue weighted by Crippen LogP contribution is 2.38. The summed E-state index contributed by atoms with van der Waals surface area (Å²) in [6, 6.07) is 5.86. The summed E-state index contributed by atoms with van der Waals surface area (Å²) >= 11 is 18.1. The van der Waals surface area contributed by atoms with E-state index in [4.69, 9.17) is 34.8 Å². The second-order valence-electron chi connectivity index (χ2n) is 3.95. The molecule has 0 spiro atoms. The van der Waals surface area contributed by atoms with Crippen LogP contribution in [-0.4, -0.2) is 26.0 Å². The van der Waals surface area contributed by atoms with Crippen LogP contribution in [0.4, 0.5) is 15.0 Å². The zero-order valence-corrected chi connectivity index (χ0v) is 13.4. The number of hydrogen-bond acceptors (Lipinski definition) is 3. The van der Waals surface area contributed by atoms with Crippen LogP contribution >= 0.6 is 46.8 Å². The van der Waals surface area contributed by atoms with Crippen molar-refractivity contribution in [2.45, 2.75) is 23.7 Å². The van der Waals surface area contributed by atoms with E-state index in [0.29, 0.717) is 17.1 Å². The van der Waals surface area contributed by atoms with Gasteiger partial charge in [0.2, 0.25) is 0 Å². The molecule has 0 saturated carbocycles. The Hall–Kier alpha value is -0.400. The minimum Gasteiger partial charge on any atom is -0.272 e. The molecular formula is C11H11Cl3FN3OS. The predicted octanol–water partition coefficient (Wildman–Crippen LogP) is 4.83. The summed E-state index contributed by atoms with van der Waals surface area (Å²) < 4.78 is 14.3. The van der Waals surface area contributed by atoms with E-state index in [2.05, 4.69) is 0 Å². The third kappa shape index (κ3) is 3.09. The Labute approximate surface area is 135 Å². The molecule has 9 heteroatoms. The van der Waals surface area contributed by atoms with Crippen molar-refractivity contribution in [3.8, 4) is 0 Å². The lowest BCUT2D eigenvalue weighted by Crippen LogP contribution is -2.37. The van der Waals surface area contributed by atoms with Gasteiger partial charge >= 0.3 is 6.03 Å². The fraction of sp³-hybridized carbons (Fsp3) is 0.364. The molecule has 2 amide bonds. The molecule has 0 aromatic heterocycles. The molecule has 2 rings (SSSR count). The number of rotatable bonds is 4. The molecule has 1 saturated heterocycles. The van der Waals surface area contributed by atoms with E-state index in [0.717, 1.165) is 16.4 Å². The molecule has 0 N–H and O–H groups in total. The van der Waals surface area contributed by atoms with Crippen molar-refractivity contribution in [3.63, 3.8) is 0 Å². The van der Waals surface area contributed by atoms with E-state index in [9.17, 15) is 9.28 Å². The number of carbonyl (C=O) groups excluding carboxylic acids is 1. The summed E-state index contributed by atoms with van der Waals surface area (Å²) in [5.41, 5.74) is 0.515. The molecule has 1 aliphatic heterocycles. The Morgan fingerprint density at radius 2 is 2.15 bits per heavy atom. The molecule has 20 heavy (non-hydrogen) atoms. The van der Waals surface area contributed by atoms with Crippen LogP contribution in [0.3, 0.4) is 0 Å². The van der Waals surface area contributed by atoms with Crippen molar-refractivity contribution in [1.82, 2.24) is 9.65 Å². The third-order valence-electron chi connectivity index (χ3n) is 2.73. The first-order valence-electron chi connectivity index (χ1n) is 5.74. The largest absolute Gasteiger partial charge is 0.370 e. The minimum absolute atomic E-state index is 0.0114. The highest BCUT2D eigenvalue weighted by molar-refractivity contribution is 8.00. The van der Waals surface area contributed by atoms with Gasteiger partial charge in [0.05, 0.1) is 0 Å². The lowest BCUT2D eigenvalue weighted by atomic mass is 10.2. The lowest BCUT2D eigenvalue weighted by Gasteiger charge is -2.26. The molecule has 1 aromatic carbocycles. The molecule has 1 aliphatic rings. The van der Waals surface area contributed by atoms with Crippen LogP contribution in [0.2, 0.25) is 5.02 Å². The van der Waals surface area contributed by atoms with Crippen LogP contribution in [0.15, 0.2) is 24.3 Å². The highest BCUT2D eigenvalue weighted by Gasteiger charge is 2.46. The van der Waals surface area contributed by atoms with Crippen molar-refractivity contribution in [2.24, 2.45) is 0 Å². The first-order chi connectivity index (χ1) is 9.45. The van der Waals surface area contributed by atoms with Crippen LogP contribution < -0.4 is 4.90 Å². The molecule has 0 bridgehead atoms. The maximum absolute atomic E-state index is 14.0. The molecule has 0 radical (unpaired) electrons. The number of amides is 2. The van der Waals surface area contributed by atoms with Gasteiger partial charge in [0, 0.05) is 10.7 Å². The molecule has 1 atom stereocenters. The van der Waals surface area contributed by atoms with Crippen molar-refractivity contribution in [1.29, 1.82) is 0 Å². The second kappa shape index (κ2) is 6.58. The molecule has 1 aromatic rings. The number of benzene rings is 1. The van der Waals surface area contributed by atoms with E-state index >= 15 is 0 Å². The van der Waals surface area contributed by atoms with Gasteiger partial charge in [-0.2, -0.15) is 0 Å². The van der Waals surface area contributed by atoms with Crippen LogP contribution in [0.25, 0.3) is 0 Å². The van der Waals surface area contributed by atoms with Gasteiger partial charge < -0.3 is 0 Å². The average Bonchev–Trinajstić information content (AvgIpc) is 2.62. The molecular weight excluding hydrogens is 348 g/mol. The Kier molecular flexibility index (Phi) is 5.25. The van der Waals surface area contributed by atoms with Gasteiger partial charge in [-0.15, -0.1) is 4.41 Å². The smallest absolute Gasteiger partial charge is 0.272 e. The standard InChI is InChI=1S/C11H11Cl3FN3OS/c1-2-9-16(8-5-3-4-7(12)6-8)11(19)17(15)18(9)20-10(13)14/h3-6,9-10H,2H2,1H3. The fourth-order valence-electron chi connectivity index (χ4n) is 1.96. The van der Waals surface area contributed by atoms with Gasteiger partial charge in [0.25, 0.3) is 0 Å². The van der Waals surface area contributed by atoms with E-state index in [1.807, 2.05) is 6.92 Å². The zero-order chi connectivity index (χ0) is 14.9. The van der Waals surface area contributed by atoms with Crippen LogP contribution in [-0.2, 0) is 0 Å². The summed E-state index contributed by atoms with van der Waals surface area (Å²) in [6.07, 6.45) is -0.0393. The number of anilines is 1. The highest BCUT2D eigenvalue weighted by atomic mass is 35.5. The summed E-state index contributed by atoms with van der Waals surface area (Å²) in [5, 5.41) is 0.478. The topological polar surface area (TPSA) is 26.8 Å². The average molecular weight is 359 g/mol. The number of nitrogens with zero attached hydrogens (tertiary/aromatic N) is 3. The third-order valence-corrected chi connectivity index (χ3v) is 4.20. The Balaban J connectivity index is 2.35. The monoisotopic (exact) mass is 357 g/mol. The van der Waals surface area contributed by atoms with Crippen molar-refractivity contribution in [2.75, 3.05) is 4.90 Å². The first-order valence-corrected chi connectivity index (χ1v) is 7.83. The van der Waals surface area contributed by atoms with Crippen LogP contribution in [0.1, 0.15) is 13.3 Å². The Morgan fingerprint density at radius 3 is 2.70 bits per heavy atom. The summed E-state index contributed by atoms with van der Waals surface area (Å²) in [4.78, 5) is 13.4.